The van der Waals surface area contributed by atoms with Gasteiger partial charge in [0.2, 0.25) is 0 Å². The predicted octanol–water partition coefficient (Wildman–Crippen LogP) is -8.16. The zero-order valence-corrected chi connectivity index (χ0v) is 21.7. The fourth-order valence-electron chi connectivity index (χ4n) is 5.08. The molecule has 1 aliphatic carbocycles. The van der Waals surface area contributed by atoms with Crippen molar-refractivity contribution >= 4 is 18.2 Å². The summed E-state index contributed by atoms with van der Waals surface area (Å²) in [5.41, 5.74) is 19.4. The Morgan fingerprint density at radius 2 is 1.50 bits per heavy atom. The van der Waals surface area contributed by atoms with Crippen molar-refractivity contribution in [3.8, 4) is 0 Å². The molecule has 19 heteroatoms. The summed E-state index contributed by atoms with van der Waals surface area (Å²) >= 11 is 0. The number of likely N-dealkylation sites (N-methyl/N-ethyl adjacent to an activating group) is 1. The molecular formula is C21H39N7O12. The molecule has 0 aromatic carbocycles. The minimum atomic E-state index is -2.38. The van der Waals surface area contributed by atoms with Crippen molar-refractivity contribution in [1.29, 1.82) is 0 Å². The van der Waals surface area contributed by atoms with Crippen molar-refractivity contribution in [3.05, 3.63) is 0 Å². The van der Waals surface area contributed by atoms with Crippen LogP contribution in [0, 0.1) is 0 Å². The quantitative estimate of drug-likeness (QED) is 0.0682. The zero-order chi connectivity index (χ0) is 30.1. The van der Waals surface area contributed by atoms with E-state index < -0.39 is 110 Å². The van der Waals surface area contributed by atoms with Crippen LogP contribution in [0.4, 0.5) is 0 Å². The molecule has 3 rings (SSSR count). The van der Waals surface area contributed by atoms with Gasteiger partial charge < -0.3 is 82.9 Å². The standard InChI is InChI=1S/C21H39N7O12/c1-5-21(36,4-30)16(40-17-9(26-2)13(34)10(31)6(3-29)38-17)18(37-5)39-15-8(28-20(24)25)11(32)7(27-19(22)23)12(33)14(15)35/h4-18,26,29,31-36H,3H2,1-2H3,(H4,22,23,27)(H4,24,25,28)/t5-,6-,7+,8-,9+,10-,11+,12-,13+,14+,15+,16-,17-,18-,21+/m0/s1. The van der Waals surface area contributed by atoms with E-state index in [0.29, 0.717) is 0 Å². The van der Waals surface area contributed by atoms with Gasteiger partial charge in [0.15, 0.2) is 36.4 Å². The Hall–Kier alpha value is -2.27. The van der Waals surface area contributed by atoms with Crippen molar-refractivity contribution in [3.63, 3.8) is 0 Å². The van der Waals surface area contributed by atoms with Crippen LogP contribution in [0.25, 0.3) is 0 Å². The number of aldehydes is 1. The van der Waals surface area contributed by atoms with Crippen LogP contribution in [0.2, 0.25) is 0 Å². The highest BCUT2D eigenvalue weighted by atomic mass is 16.8. The predicted molar refractivity (Wildman–Crippen MR) is 133 cm³/mol. The summed E-state index contributed by atoms with van der Waals surface area (Å²) in [5, 5.41) is 76.6. The number of hydrogen-bond donors (Lipinski definition) is 12. The molecule has 3 aliphatic rings. The largest absolute Gasteiger partial charge is 0.394 e. The molecular weight excluding hydrogens is 542 g/mol. The maximum absolute atomic E-state index is 12.1. The van der Waals surface area contributed by atoms with Crippen molar-refractivity contribution in [2.45, 2.75) is 98.2 Å². The summed E-state index contributed by atoms with van der Waals surface area (Å²) in [6.07, 6.45) is -17.3. The van der Waals surface area contributed by atoms with Crippen LogP contribution in [0.1, 0.15) is 6.92 Å². The Kier molecular flexibility index (Phi) is 10.2. The molecule has 0 aromatic heterocycles. The van der Waals surface area contributed by atoms with Gasteiger partial charge in [0.1, 0.15) is 60.9 Å². The third-order valence-electron chi connectivity index (χ3n) is 7.34. The molecule has 230 valence electrons. The number of nitrogens with zero attached hydrogens (tertiary/aromatic N) is 2. The third kappa shape index (κ3) is 6.00. The zero-order valence-electron chi connectivity index (χ0n) is 21.7. The van der Waals surface area contributed by atoms with Gasteiger partial charge in [0.25, 0.3) is 0 Å². The Bertz CT molecular complexity index is 940. The van der Waals surface area contributed by atoms with Crippen molar-refractivity contribution < 1.29 is 59.5 Å². The molecule has 19 nitrogen and oxygen atoms in total. The second-order valence-corrected chi connectivity index (χ2v) is 9.89. The van der Waals surface area contributed by atoms with Crippen LogP contribution in [0.15, 0.2) is 9.98 Å². The maximum atomic E-state index is 12.1. The van der Waals surface area contributed by atoms with E-state index in [0.717, 1.165) is 0 Å². The summed E-state index contributed by atoms with van der Waals surface area (Å²) in [4.78, 5) is 19.7. The van der Waals surface area contributed by atoms with Gasteiger partial charge in [0.05, 0.1) is 18.8 Å². The molecule has 2 aliphatic heterocycles. The first-order chi connectivity index (χ1) is 18.7. The molecule has 0 radical (unpaired) electrons. The van der Waals surface area contributed by atoms with Gasteiger partial charge in [-0.15, -0.1) is 0 Å². The number of rotatable bonds is 9. The molecule has 3 fully saturated rings. The second-order valence-electron chi connectivity index (χ2n) is 9.89. The number of carbonyl (C=O) groups is 1. The number of carbonyl (C=O) groups excluding carboxylic acids is 1. The Morgan fingerprint density at radius 3 is 2.02 bits per heavy atom. The molecule has 0 aromatic rings. The van der Waals surface area contributed by atoms with E-state index in [4.69, 9.17) is 41.9 Å². The minimum Gasteiger partial charge on any atom is -0.394 e. The first kappa shape index (κ1) is 32.2. The van der Waals surface area contributed by atoms with E-state index in [9.17, 15) is 40.5 Å². The molecule has 0 unspecified atom stereocenters. The highest BCUT2D eigenvalue weighted by Crippen LogP contribution is 2.38. The van der Waals surface area contributed by atoms with Gasteiger partial charge in [-0.05, 0) is 14.0 Å². The molecule has 2 saturated heterocycles. The highest BCUT2D eigenvalue weighted by Gasteiger charge is 2.60. The van der Waals surface area contributed by atoms with Crippen molar-refractivity contribution in [2.24, 2.45) is 32.9 Å². The summed E-state index contributed by atoms with van der Waals surface area (Å²) in [6, 6.07) is -4.08. The fraction of sp³-hybridized carbons (Fsp3) is 0.857. The van der Waals surface area contributed by atoms with Crippen LogP contribution in [-0.4, -0.2) is 159 Å². The van der Waals surface area contributed by atoms with Crippen molar-refractivity contribution in [2.75, 3.05) is 13.7 Å². The molecule has 1 saturated carbocycles. The van der Waals surface area contributed by atoms with E-state index in [2.05, 4.69) is 15.3 Å². The minimum absolute atomic E-state index is 0.140. The van der Waals surface area contributed by atoms with Crippen LogP contribution in [0.5, 0.6) is 0 Å². The number of nitrogens with one attached hydrogen (secondary N) is 1. The number of ether oxygens (including phenoxy) is 4. The normalized spacial score (nSPS) is 47.4. The van der Waals surface area contributed by atoms with Crippen LogP contribution >= 0.6 is 0 Å². The lowest BCUT2D eigenvalue weighted by Gasteiger charge is -2.45. The number of aliphatic imine (C=N–C) groups is 2. The number of guanidine groups is 2. The topological polar surface area (TPSA) is 336 Å². The molecule has 0 amide bonds. The Balaban J connectivity index is 1.96. The van der Waals surface area contributed by atoms with E-state index in [1.54, 1.807) is 0 Å². The maximum Gasteiger partial charge on any atom is 0.188 e. The van der Waals surface area contributed by atoms with E-state index in [-0.39, 0.29) is 6.29 Å². The van der Waals surface area contributed by atoms with Gasteiger partial charge in [0, 0.05) is 0 Å². The average molecular weight is 582 g/mol. The lowest BCUT2D eigenvalue weighted by molar-refractivity contribution is -0.314. The first-order valence-corrected chi connectivity index (χ1v) is 12.4. The Labute approximate surface area is 228 Å². The number of aliphatic hydroxyl groups excluding tert-OH is 6. The molecule has 15 atom stereocenters. The van der Waals surface area contributed by atoms with Crippen molar-refractivity contribution in [1.82, 2.24) is 5.32 Å². The van der Waals surface area contributed by atoms with E-state index >= 15 is 0 Å². The second kappa shape index (κ2) is 12.7. The number of aliphatic hydroxyl groups is 7. The van der Waals surface area contributed by atoms with Crippen LogP contribution in [0.3, 0.4) is 0 Å². The molecule has 0 spiro atoms. The average Bonchev–Trinajstić information content (AvgIpc) is 3.13. The van der Waals surface area contributed by atoms with Crippen LogP contribution in [-0.2, 0) is 23.7 Å². The smallest absolute Gasteiger partial charge is 0.188 e. The number of nitrogens with two attached hydrogens (primary N) is 4. The summed E-state index contributed by atoms with van der Waals surface area (Å²) < 4.78 is 22.9. The summed E-state index contributed by atoms with van der Waals surface area (Å²) in [7, 11) is 1.42. The fourth-order valence-corrected chi connectivity index (χ4v) is 5.08. The van der Waals surface area contributed by atoms with Gasteiger partial charge in [-0.3, -0.25) is 4.79 Å². The lowest BCUT2D eigenvalue weighted by atomic mass is 9.81. The molecule has 0 bridgehead atoms. The SMILES string of the molecule is CN[C@H]1[C@H](O[C@H]2[C@H](O[C@H]3[C@H](O)[C@@H](O)[C@H](N=C(N)N)[C@@H](O)[C@@H]3N=C(N)N)O[C@@H](C)[C@]2(O)C=O)O[C@@H](CO)[C@H](O)[C@@H]1O. The van der Waals surface area contributed by atoms with E-state index in [1.165, 1.54) is 14.0 Å². The highest BCUT2D eigenvalue weighted by molar-refractivity contribution is 5.76. The lowest BCUT2D eigenvalue weighted by Crippen LogP contribution is -2.66. The molecule has 40 heavy (non-hydrogen) atoms. The van der Waals surface area contributed by atoms with Gasteiger partial charge >= 0.3 is 0 Å². The first-order valence-electron chi connectivity index (χ1n) is 12.4. The summed E-state index contributed by atoms with van der Waals surface area (Å²) in [5.74, 6) is -1.03. The monoisotopic (exact) mass is 581 g/mol. The molecule has 2 heterocycles. The third-order valence-corrected chi connectivity index (χ3v) is 7.34. The number of hydrogen-bond acceptors (Lipinski definition) is 15. The summed E-state index contributed by atoms with van der Waals surface area (Å²) in [6.45, 7) is 0.620. The Morgan fingerprint density at radius 1 is 0.900 bits per heavy atom. The molecule has 16 N–H and O–H groups in total. The van der Waals surface area contributed by atoms with Gasteiger partial charge in [-0.2, -0.15) is 0 Å². The van der Waals surface area contributed by atoms with E-state index in [1.807, 2.05) is 0 Å². The van der Waals surface area contributed by atoms with Gasteiger partial charge in [-0.1, -0.05) is 0 Å². The van der Waals surface area contributed by atoms with Gasteiger partial charge in [-0.25, -0.2) is 9.98 Å². The van der Waals surface area contributed by atoms with Crippen LogP contribution < -0.4 is 28.3 Å².